The van der Waals surface area contributed by atoms with Gasteiger partial charge in [0.15, 0.2) is 0 Å². The predicted octanol–water partition coefficient (Wildman–Crippen LogP) is 2.17. The van der Waals surface area contributed by atoms with Crippen LogP contribution in [0.1, 0.15) is 55.6 Å². The van der Waals surface area contributed by atoms with E-state index in [-0.39, 0.29) is 17.5 Å². The molecule has 2 atom stereocenters. The molecule has 36 heavy (non-hydrogen) atoms. The maximum absolute atomic E-state index is 13.5. The van der Waals surface area contributed by atoms with Crippen molar-refractivity contribution < 1.29 is 18.9 Å². The summed E-state index contributed by atoms with van der Waals surface area (Å²) < 4.78 is 12.1. The molecule has 1 aromatic heterocycles. The number of nitrogens with zero attached hydrogens (tertiary/aromatic N) is 2. The molecule has 0 radical (unpaired) electrons. The molecular formula is C26H38BN5O4. The first-order valence-corrected chi connectivity index (χ1v) is 12.8. The minimum atomic E-state index is -0.802. The zero-order chi connectivity index (χ0) is 25.8. The third kappa shape index (κ3) is 9.00. The number of carbonyl (C=O) groups excluding carboxylic acids is 2. The first kappa shape index (κ1) is 27.8. The van der Waals surface area contributed by atoms with Crippen molar-refractivity contribution in [3.63, 3.8) is 0 Å². The largest absolute Gasteiger partial charge is 0.480 e. The summed E-state index contributed by atoms with van der Waals surface area (Å²) in [6.07, 6.45) is 8.40. The number of unbranched alkanes of at least 4 members (excludes halogenated alkanes) is 1. The Hall–Kier alpha value is -2.82. The lowest BCUT2D eigenvalue weighted by atomic mass is 9.72. The minimum Gasteiger partial charge on any atom is -0.409 e. The Morgan fingerprint density at radius 2 is 1.86 bits per heavy atom. The second-order valence-electron chi connectivity index (χ2n) is 9.74. The number of benzene rings is 1. The Labute approximate surface area is 214 Å². The van der Waals surface area contributed by atoms with E-state index in [2.05, 4.69) is 34.4 Å². The normalized spacial score (nSPS) is 15.9. The highest BCUT2D eigenvalue weighted by Gasteiger charge is 2.37. The molecule has 2 amide bonds. The number of amides is 2. The lowest BCUT2D eigenvalue weighted by Gasteiger charge is -2.33. The molecule has 1 fully saturated rings. The van der Waals surface area contributed by atoms with E-state index in [0.29, 0.717) is 44.4 Å². The van der Waals surface area contributed by atoms with E-state index in [1.165, 1.54) is 18.6 Å². The average molecular weight is 495 g/mol. The van der Waals surface area contributed by atoms with Gasteiger partial charge in [-0.15, -0.1) is 0 Å². The number of hydrogen-bond donors (Lipinski definition) is 3. The SMILES string of the molecule is CC(C)CC(NC(=O)[C@H](Cc1ccccc1)NC(=O)c1cnccn1)B1OCC(CCCCN)CO1. The van der Waals surface area contributed by atoms with Crippen LogP contribution < -0.4 is 16.4 Å². The van der Waals surface area contributed by atoms with Gasteiger partial charge in [-0.2, -0.15) is 0 Å². The Balaban J connectivity index is 1.68. The fourth-order valence-electron chi connectivity index (χ4n) is 4.27. The van der Waals surface area contributed by atoms with Gasteiger partial charge in [0, 0.05) is 37.9 Å². The molecule has 0 aliphatic carbocycles. The molecule has 1 aliphatic heterocycles. The number of aromatic nitrogens is 2. The van der Waals surface area contributed by atoms with E-state index >= 15 is 0 Å². The van der Waals surface area contributed by atoms with Gasteiger partial charge in [-0.3, -0.25) is 14.6 Å². The highest BCUT2D eigenvalue weighted by molar-refractivity contribution is 6.47. The fourth-order valence-corrected chi connectivity index (χ4v) is 4.27. The van der Waals surface area contributed by atoms with E-state index in [1.54, 1.807) is 0 Å². The van der Waals surface area contributed by atoms with Crippen molar-refractivity contribution in [3.8, 4) is 0 Å². The lowest BCUT2D eigenvalue weighted by molar-refractivity contribution is -0.123. The summed E-state index contributed by atoms with van der Waals surface area (Å²) in [7, 11) is -0.532. The third-order valence-electron chi connectivity index (χ3n) is 6.14. The molecule has 1 aliphatic rings. The lowest BCUT2D eigenvalue weighted by Crippen LogP contribution is -2.57. The van der Waals surface area contributed by atoms with Gasteiger partial charge in [0.1, 0.15) is 11.7 Å². The molecule has 2 aromatic rings. The summed E-state index contributed by atoms with van der Waals surface area (Å²) in [4.78, 5) is 34.3. The molecule has 0 bridgehead atoms. The summed E-state index contributed by atoms with van der Waals surface area (Å²) >= 11 is 0. The predicted molar refractivity (Wildman–Crippen MR) is 139 cm³/mol. The summed E-state index contributed by atoms with van der Waals surface area (Å²) in [5.74, 6) is -0.440. The summed E-state index contributed by atoms with van der Waals surface area (Å²) in [5.41, 5.74) is 6.69. The van der Waals surface area contributed by atoms with E-state index in [1.807, 2.05) is 30.3 Å². The molecule has 4 N–H and O–H groups in total. The van der Waals surface area contributed by atoms with Crippen LogP contribution >= 0.6 is 0 Å². The van der Waals surface area contributed by atoms with E-state index in [0.717, 1.165) is 24.8 Å². The second-order valence-corrected chi connectivity index (χ2v) is 9.74. The molecule has 3 rings (SSSR count). The molecule has 1 aromatic carbocycles. The van der Waals surface area contributed by atoms with Crippen LogP contribution in [0.2, 0.25) is 0 Å². The van der Waals surface area contributed by atoms with Crippen LogP contribution in [0.3, 0.4) is 0 Å². The average Bonchev–Trinajstić information content (AvgIpc) is 2.89. The summed E-state index contributed by atoms with van der Waals surface area (Å²) in [6, 6.07) is 8.78. The van der Waals surface area contributed by atoms with Gasteiger partial charge in [-0.25, -0.2) is 4.98 Å². The molecule has 1 unspecified atom stereocenters. The number of nitrogens with two attached hydrogens (primary N) is 1. The Kier molecular flexibility index (Phi) is 11.3. The van der Waals surface area contributed by atoms with Gasteiger partial charge in [-0.05, 0) is 37.3 Å². The monoisotopic (exact) mass is 495 g/mol. The zero-order valence-electron chi connectivity index (χ0n) is 21.3. The molecule has 9 nitrogen and oxygen atoms in total. The van der Waals surface area contributed by atoms with Crippen LogP contribution in [0, 0.1) is 11.8 Å². The van der Waals surface area contributed by atoms with Crippen molar-refractivity contribution in [2.75, 3.05) is 19.8 Å². The smallest absolute Gasteiger partial charge is 0.409 e. The zero-order valence-corrected chi connectivity index (χ0v) is 21.3. The van der Waals surface area contributed by atoms with Gasteiger partial charge in [0.05, 0.1) is 12.1 Å². The number of nitrogens with one attached hydrogen (secondary N) is 2. The van der Waals surface area contributed by atoms with Gasteiger partial charge in [-0.1, -0.05) is 50.6 Å². The number of carbonyl (C=O) groups is 2. The van der Waals surface area contributed by atoms with Gasteiger partial charge >= 0.3 is 7.12 Å². The molecule has 0 spiro atoms. The van der Waals surface area contributed by atoms with Crippen LogP contribution in [0.25, 0.3) is 0 Å². The fraction of sp³-hybridized carbons (Fsp3) is 0.538. The van der Waals surface area contributed by atoms with Crippen molar-refractivity contribution in [1.82, 2.24) is 20.6 Å². The van der Waals surface area contributed by atoms with E-state index in [4.69, 9.17) is 15.0 Å². The summed E-state index contributed by atoms with van der Waals surface area (Å²) in [6.45, 7) is 6.06. The standard InChI is InChI=1S/C26H38BN5O4/c1-19(2)14-24(27-35-17-21(18-36-27)10-6-7-11-28)32-25(33)22(15-20-8-4-3-5-9-20)31-26(34)23-16-29-12-13-30-23/h3-5,8-9,12-13,16,19,21-22,24H,6-7,10-11,14-15,17-18,28H2,1-2H3,(H,31,34)(H,32,33)/t22-,24?/m0/s1. The van der Waals surface area contributed by atoms with Crippen LogP contribution in [-0.2, 0) is 20.5 Å². The topological polar surface area (TPSA) is 128 Å². The quantitative estimate of drug-likeness (QED) is 0.287. The maximum Gasteiger partial charge on any atom is 0.480 e. The number of hydrogen-bond acceptors (Lipinski definition) is 7. The second kappa shape index (κ2) is 14.7. The molecule has 1 saturated heterocycles. The highest BCUT2D eigenvalue weighted by atomic mass is 16.6. The molecule has 10 heteroatoms. The minimum absolute atomic E-state index is 0.154. The van der Waals surface area contributed by atoms with Crippen molar-refractivity contribution in [1.29, 1.82) is 0 Å². The van der Waals surface area contributed by atoms with Crippen LogP contribution in [0.15, 0.2) is 48.9 Å². The van der Waals surface area contributed by atoms with Crippen molar-refractivity contribution >= 4 is 18.9 Å². The van der Waals surface area contributed by atoms with E-state index in [9.17, 15) is 9.59 Å². The molecular weight excluding hydrogens is 457 g/mol. The van der Waals surface area contributed by atoms with Crippen molar-refractivity contribution in [2.45, 2.75) is 57.9 Å². The first-order valence-electron chi connectivity index (χ1n) is 12.8. The van der Waals surface area contributed by atoms with Gasteiger partial charge in [0.25, 0.3) is 5.91 Å². The van der Waals surface area contributed by atoms with Crippen LogP contribution in [0.5, 0.6) is 0 Å². The maximum atomic E-state index is 13.5. The van der Waals surface area contributed by atoms with Crippen molar-refractivity contribution in [3.05, 3.63) is 60.2 Å². The Morgan fingerprint density at radius 3 is 2.50 bits per heavy atom. The number of rotatable bonds is 13. The summed E-state index contributed by atoms with van der Waals surface area (Å²) in [5, 5.41) is 5.94. The molecule has 2 heterocycles. The van der Waals surface area contributed by atoms with Crippen LogP contribution in [-0.4, -0.2) is 60.6 Å². The first-order chi connectivity index (χ1) is 17.5. The van der Waals surface area contributed by atoms with Crippen molar-refractivity contribution in [2.24, 2.45) is 17.6 Å². The highest BCUT2D eigenvalue weighted by Crippen LogP contribution is 2.19. The molecule has 0 saturated carbocycles. The van der Waals surface area contributed by atoms with Gasteiger partial charge in [0.2, 0.25) is 5.91 Å². The third-order valence-corrected chi connectivity index (χ3v) is 6.14. The van der Waals surface area contributed by atoms with Gasteiger partial charge < -0.3 is 25.7 Å². The van der Waals surface area contributed by atoms with Crippen LogP contribution in [0.4, 0.5) is 0 Å². The Bertz CT molecular complexity index is 926. The molecule has 194 valence electrons. The Morgan fingerprint density at radius 1 is 1.11 bits per heavy atom. The van der Waals surface area contributed by atoms with E-state index < -0.39 is 19.1 Å².